The Morgan fingerprint density at radius 2 is 2.15 bits per heavy atom. The number of hydrogen-bond donors (Lipinski definition) is 3. The highest BCUT2D eigenvalue weighted by atomic mass is 16.1. The van der Waals surface area contributed by atoms with Crippen molar-refractivity contribution in [2.45, 2.75) is 58.4 Å². The van der Waals surface area contributed by atoms with Gasteiger partial charge in [0.2, 0.25) is 11.9 Å². The number of nitrogens with one attached hydrogen (secondary N) is 2. The van der Waals surface area contributed by atoms with Crippen LogP contribution in [-0.2, 0) is 11.3 Å². The first-order chi connectivity index (χ1) is 15.9. The molecule has 0 spiro atoms. The lowest BCUT2D eigenvalue weighted by molar-refractivity contribution is -0.123. The summed E-state index contributed by atoms with van der Waals surface area (Å²) in [6, 6.07) is 6.36. The number of primary amides is 1. The van der Waals surface area contributed by atoms with E-state index in [1.165, 1.54) is 11.1 Å². The number of hydrogen-bond acceptors (Lipinski definition) is 7. The lowest BCUT2D eigenvalue weighted by Crippen LogP contribution is -2.45. The Labute approximate surface area is 193 Å². The Morgan fingerprint density at radius 3 is 2.91 bits per heavy atom. The minimum absolute atomic E-state index is 0.0220. The van der Waals surface area contributed by atoms with Gasteiger partial charge in [-0.15, -0.1) is 0 Å². The quantitative estimate of drug-likeness (QED) is 0.533. The third kappa shape index (κ3) is 4.09. The molecule has 0 radical (unpaired) electrons. The summed E-state index contributed by atoms with van der Waals surface area (Å²) in [4.78, 5) is 23.3. The summed E-state index contributed by atoms with van der Waals surface area (Å²) >= 11 is 0. The van der Waals surface area contributed by atoms with Crippen molar-refractivity contribution < 1.29 is 4.79 Å². The summed E-state index contributed by atoms with van der Waals surface area (Å²) < 4.78 is 1.93. The van der Waals surface area contributed by atoms with E-state index < -0.39 is 0 Å². The Kier molecular flexibility index (Phi) is 5.59. The number of amides is 1. The highest BCUT2D eigenvalue weighted by Gasteiger charge is 2.37. The average Bonchev–Trinajstić information content (AvgIpc) is 3.53. The first-order valence-corrected chi connectivity index (χ1v) is 11.5. The van der Waals surface area contributed by atoms with Gasteiger partial charge in [-0.25, -0.2) is 9.97 Å². The lowest BCUT2D eigenvalue weighted by Gasteiger charge is -2.29. The van der Waals surface area contributed by atoms with E-state index in [-0.39, 0.29) is 18.1 Å². The van der Waals surface area contributed by atoms with E-state index in [1.54, 1.807) is 0 Å². The summed E-state index contributed by atoms with van der Waals surface area (Å²) in [5, 5.41) is 11.3. The van der Waals surface area contributed by atoms with Crippen molar-refractivity contribution in [2.24, 2.45) is 5.73 Å². The lowest BCUT2D eigenvalue weighted by atomic mass is 10.1. The zero-order chi connectivity index (χ0) is 23.1. The summed E-state index contributed by atoms with van der Waals surface area (Å²) in [5.74, 6) is 0.302. The van der Waals surface area contributed by atoms with E-state index >= 15 is 0 Å². The average molecular weight is 447 g/mol. The summed E-state index contributed by atoms with van der Waals surface area (Å²) in [7, 11) is 0. The van der Waals surface area contributed by atoms with Gasteiger partial charge in [-0.2, -0.15) is 5.10 Å². The molecule has 2 aromatic heterocycles. The van der Waals surface area contributed by atoms with E-state index in [2.05, 4.69) is 51.6 Å². The molecule has 1 saturated heterocycles. The van der Waals surface area contributed by atoms with E-state index in [0.29, 0.717) is 12.0 Å². The first kappa shape index (κ1) is 21.5. The minimum Gasteiger partial charge on any atom is -0.368 e. The fraction of sp³-hybridized carbons (Fsp3) is 0.417. The van der Waals surface area contributed by atoms with Crippen LogP contribution in [0.15, 0.2) is 36.8 Å². The van der Waals surface area contributed by atoms with Crippen LogP contribution in [0.1, 0.15) is 55.6 Å². The van der Waals surface area contributed by atoms with Crippen LogP contribution in [-0.4, -0.2) is 43.1 Å². The van der Waals surface area contributed by atoms with Crippen LogP contribution >= 0.6 is 0 Å². The highest BCUT2D eigenvalue weighted by Crippen LogP contribution is 2.35. The van der Waals surface area contributed by atoms with Crippen LogP contribution in [0.2, 0.25) is 0 Å². The zero-order valence-electron chi connectivity index (χ0n) is 19.2. The van der Waals surface area contributed by atoms with Crippen LogP contribution in [0.5, 0.6) is 0 Å². The second-order valence-corrected chi connectivity index (χ2v) is 9.15. The van der Waals surface area contributed by atoms with Gasteiger partial charge in [0, 0.05) is 42.8 Å². The molecule has 9 heteroatoms. The van der Waals surface area contributed by atoms with Crippen LogP contribution < -0.4 is 16.4 Å². The maximum atomic E-state index is 11.9. The van der Waals surface area contributed by atoms with E-state index in [0.717, 1.165) is 48.4 Å². The Hall–Kier alpha value is -3.30. The first-order valence-electron chi connectivity index (χ1n) is 11.5. The number of benzene rings is 1. The fourth-order valence-corrected chi connectivity index (χ4v) is 4.79. The molecule has 4 N–H and O–H groups in total. The second-order valence-electron chi connectivity index (χ2n) is 9.15. The number of nitrogens with two attached hydrogens (primary N) is 1. The molecule has 2 atom stereocenters. The fourth-order valence-electron chi connectivity index (χ4n) is 4.79. The van der Waals surface area contributed by atoms with Crippen LogP contribution in [0.25, 0.3) is 11.3 Å². The molecule has 0 saturated carbocycles. The van der Waals surface area contributed by atoms with Crippen molar-refractivity contribution in [1.29, 1.82) is 0 Å². The number of carbonyl (C=O) groups excluding carboxylic acids is 1. The Balaban J connectivity index is 1.36. The van der Waals surface area contributed by atoms with Gasteiger partial charge >= 0.3 is 0 Å². The predicted octanol–water partition coefficient (Wildman–Crippen LogP) is 3.02. The normalized spacial score (nSPS) is 20.4. The van der Waals surface area contributed by atoms with E-state index in [9.17, 15) is 4.79 Å². The van der Waals surface area contributed by atoms with Gasteiger partial charge in [0.15, 0.2) is 0 Å². The van der Waals surface area contributed by atoms with Crippen molar-refractivity contribution in [3.8, 4) is 11.3 Å². The molecule has 1 unspecified atom stereocenters. The molecule has 0 aliphatic carbocycles. The Morgan fingerprint density at radius 1 is 1.30 bits per heavy atom. The number of carbonyl (C=O) groups is 1. The molecule has 1 amide bonds. The molecule has 33 heavy (non-hydrogen) atoms. The monoisotopic (exact) mass is 446 g/mol. The Bertz CT molecular complexity index is 1190. The standard InChI is InChI=1S/C24H30N8O/c1-14(2)32-13-17(12-28-32)21-15(3)10-27-24(30-21)29-18-6-7-19-16(9-18)11-26-23(19)31-8-4-5-20(31)22(25)33/h6-7,9-10,12-14,20,23,26H,4-5,8,11H2,1-3H3,(H2,25,33)(H,27,29,30)/t20?,23-/m1/s1. The van der Waals surface area contributed by atoms with Gasteiger partial charge in [0.05, 0.1) is 24.1 Å². The molecule has 9 nitrogen and oxygen atoms in total. The zero-order valence-corrected chi connectivity index (χ0v) is 19.2. The van der Waals surface area contributed by atoms with E-state index in [1.807, 2.05) is 36.3 Å². The number of fused-ring (bicyclic) bond motifs is 1. The molecule has 4 heterocycles. The van der Waals surface area contributed by atoms with Crippen LogP contribution in [0, 0.1) is 6.92 Å². The van der Waals surface area contributed by atoms with Gasteiger partial charge in [-0.3, -0.25) is 19.7 Å². The van der Waals surface area contributed by atoms with Crippen molar-refractivity contribution in [3.63, 3.8) is 0 Å². The topological polar surface area (TPSA) is 114 Å². The molecule has 0 bridgehead atoms. The van der Waals surface area contributed by atoms with Crippen molar-refractivity contribution >= 4 is 17.5 Å². The van der Waals surface area contributed by atoms with Crippen molar-refractivity contribution in [2.75, 3.05) is 11.9 Å². The molecule has 2 aliphatic rings. The van der Waals surface area contributed by atoms with Gasteiger partial charge in [-0.05, 0) is 62.4 Å². The maximum Gasteiger partial charge on any atom is 0.234 e. The highest BCUT2D eigenvalue weighted by molar-refractivity contribution is 5.80. The number of aryl methyl sites for hydroxylation is 1. The van der Waals surface area contributed by atoms with E-state index in [4.69, 9.17) is 10.7 Å². The maximum absolute atomic E-state index is 11.9. The van der Waals surface area contributed by atoms with Gasteiger partial charge in [-0.1, -0.05) is 6.07 Å². The summed E-state index contributed by atoms with van der Waals surface area (Å²) in [6.45, 7) is 7.82. The van der Waals surface area contributed by atoms with Crippen molar-refractivity contribution in [3.05, 3.63) is 53.5 Å². The number of rotatable bonds is 6. The third-order valence-electron chi connectivity index (χ3n) is 6.51. The largest absolute Gasteiger partial charge is 0.368 e. The van der Waals surface area contributed by atoms with Gasteiger partial charge in [0.1, 0.15) is 0 Å². The molecule has 2 aliphatic heterocycles. The second kappa shape index (κ2) is 8.57. The summed E-state index contributed by atoms with van der Waals surface area (Å²) in [5.41, 5.74) is 11.8. The number of nitrogens with zero attached hydrogens (tertiary/aromatic N) is 5. The number of aromatic nitrogens is 4. The SMILES string of the molecule is Cc1cnc(Nc2ccc3c(c2)CN[C@@H]3N2CCCC2C(N)=O)nc1-c1cnn(C(C)C)c1. The molecule has 5 rings (SSSR count). The smallest absolute Gasteiger partial charge is 0.234 e. The molecule has 172 valence electrons. The number of anilines is 2. The minimum atomic E-state index is -0.243. The van der Waals surface area contributed by atoms with Crippen LogP contribution in [0.3, 0.4) is 0 Å². The van der Waals surface area contributed by atoms with Gasteiger partial charge in [0.25, 0.3) is 0 Å². The third-order valence-corrected chi connectivity index (χ3v) is 6.51. The van der Waals surface area contributed by atoms with Crippen LogP contribution in [0.4, 0.5) is 11.6 Å². The predicted molar refractivity (Wildman–Crippen MR) is 127 cm³/mol. The molecule has 1 fully saturated rings. The molecular weight excluding hydrogens is 416 g/mol. The van der Waals surface area contributed by atoms with Gasteiger partial charge < -0.3 is 11.1 Å². The molecule has 3 aromatic rings. The molecular formula is C24H30N8O. The molecule has 1 aromatic carbocycles. The van der Waals surface area contributed by atoms with Crippen molar-refractivity contribution in [1.82, 2.24) is 30.0 Å². The number of likely N-dealkylation sites (tertiary alicyclic amines) is 1. The summed E-state index contributed by atoms with van der Waals surface area (Å²) in [6.07, 6.45) is 7.53.